The number of hydrogen-bond donors (Lipinski definition) is 1. The Morgan fingerprint density at radius 3 is 2.48 bits per heavy atom. The first-order valence-corrected chi connectivity index (χ1v) is 9.11. The molecular weight excluding hydrogens is 344 g/mol. The van der Waals surface area contributed by atoms with Gasteiger partial charge in [0, 0.05) is 6.54 Å². The van der Waals surface area contributed by atoms with Crippen molar-refractivity contribution in [3.63, 3.8) is 0 Å². The summed E-state index contributed by atoms with van der Waals surface area (Å²) in [6, 6.07) is 19.2. The van der Waals surface area contributed by atoms with E-state index in [4.69, 9.17) is 9.47 Å². The van der Waals surface area contributed by atoms with Crippen LogP contribution in [0.25, 0.3) is 0 Å². The van der Waals surface area contributed by atoms with Crippen LogP contribution in [0.4, 0.5) is 0 Å². The van der Waals surface area contributed by atoms with Crippen LogP contribution in [0.1, 0.15) is 24.1 Å². The lowest BCUT2D eigenvalue weighted by Gasteiger charge is -2.30. The van der Waals surface area contributed by atoms with Crippen molar-refractivity contribution in [1.82, 2.24) is 10.2 Å². The Hall–Kier alpha value is -2.70. The van der Waals surface area contributed by atoms with Crippen molar-refractivity contribution in [3.05, 3.63) is 71.8 Å². The summed E-state index contributed by atoms with van der Waals surface area (Å²) in [6.45, 7) is 2.70. The van der Waals surface area contributed by atoms with E-state index in [-0.39, 0.29) is 17.9 Å². The summed E-state index contributed by atoms with van der Waals surface area (Å²) in [6.07, 6.45) is -2.39. The summed E-state index contributed by atoms with van der Waals surface area (Å²) in [5.41, 5.74) is 2.02. The molecule has 2 aliphatic heterocycles. The Labute approximate surface area is 158 Å². The Bertz CT molecular complexity index is 811. The number of carbonyl (C=O) groups excluding carboxylic acids is 2. The smallest absolute Gasteiger partial charge is 0.255 e. The summed E-state index contributed by atoms with van der Waals surface area (Å²) in [5, 5.41) is 2.92. The second kappa shape index (κ2) is 7.50. The van der Waals surface area contributed by atoms with Crippen molar-refractivity contribution in [2.75, 3.05) is 6.54 Å². The maximum atomic E-state index is 12.8. The molecule has 2 amide bonds. The van der Waals surface area contributed by atoms with Crippen LogP contribution in [0, 0.1) is 0 Å². The van der Waals surface area contributed by atoms with Crippen molar-refractivity contribution in [3.8, 4) is 0 Å². The van der Waals surface area contributed by atoms with E-state index in [1.54, 1.807) is 4.90 Å². The van der Waals surface area contributed by atoms with Gasteiger partial charge in [-0.1, -0.05) is 60.7 Å². The molecule has 0 radical (unpaired) electrons. The van der Waals surface area contributed by atoms with Gasteiger partial charge in [-0.15, -0.1) is 0 Å². The minimum Gasteiger partial charge on any atom is -0.347 e. The lowest BCUT2D eigenvalue weighted by Crippen LogP contribution is -2.51. The molecule has 2 fully saturated rings. The molecule has 2 aromatic carbocycles. The highest BCUT2D eigenvalue weighted by molar-refractivity contribution is 5.92. The molecule has 6 nitrogen and oxygen atoms in total. The standard InChI is InChI=1S/C21H22N2O4/c1-14(16-10-6-3-7-11-16)22-20(24)18-19-21(25)23(13-17(26-18)27-19)12-15-8-4-2-5-9-15/h2-11,14,17-19H,12-13H2,1H3,(H,22,24)/t14?,17-,18-,19-/m1/s1. The van der Waals surface area contributed by atoms with E-state index in [9.17, 15) is 9.59 Å². The van der Waals surface area contributed by atoms with Crippen molar-refractivity contribution in [1.29, 1.82) is 0 Å². The quantitative estimate of drug-likeness (QED) is 0.879. The number of ether oxygens (including phenoxy) is 2. The second-order valence-electron chi connectivity index (χ2n) is 6.89. The number of carbonyl (C=O) groups is 2. The lowest BCUT2D eigenvalue weighted by molar-refractivity contribution is -0.162. The minimum atomic E-state index is -0.922. The number of nitrogens with one attached hydrogen (secondary N) is 1. The van der Waals surface area contributed by atoms with Crippen LogP contribution in [0.5, 0.6) is 0 Å². The minimum absolute atomic E-state index is 0.182. The van der Waals surface area contributed by atoms with Gasteiger partial charge in [-0.25, -0.2) is 0 Å². The first-order valence-electron chi connectivity index (χ1n) is 9.11. The molecule has 2 heterocycles. The number of hydrogen-bond acceptors (Lipinski definition) is 4. The number of morpholine rings is 1. The molecule has 1 N–H and O–H groups in total. The summed E-state index contributed by atoms with van der Waals surface area (Å²) >= 11 is 0. The van der Waals surface area contributed by atoms with Crippen LogP contribution < -0.4 is 5.32 Å². The van der Waals surface area contributed by atoms with Crippen LogP contribution in [0.3, 0.4) is 0 Å². The monoisotopic (exact) mass is 366 g/mol. The van der Waals surface area contributed by atoms with Crippen molar-refractivity contribution >= 4 is 11.8 Å². The number of benzene rings is 2. The van der Waals surface area contributed by atoms with E-state index in [1.807, 2.05) is 67.6 Å². The summed E-state index contributed by atoms with van der Waals surface area (Å²) in [4.78, 5) is 27.2. The predicted molar refractivity (Wildman–Crippen MR) is 98.4 cm³/mol. The van der Waals surface area contributed by atoms with Crippen molar-refractivity contribution < 1.29 is 19.1 Å². The Balaban J connectivity index is 1.42. The van der Waals surface area contributed by atoms with Gasteiger partial charge in [-0.05, 0) is 18.1 Å². The fourth-order valence-corrected chi connectivity index (χ4v) is 3.49. The predicted octanol–water partition coefficient (Wildman–Crippen LogP) is 2.02. The summed E-state index contributed by atoms with van der Waals surface area (Å²) < 4.78 is 11.3. The van der Waals surface area contributed by atoms with Gasteiger partial charge in [-0.3, -0.25) is 9.59 Å². The van der Waals surface area contributed by atoms with Gasteiger partial charge < -0.3 is 19.7 Å². The molecular formula is C21H22N2O4. The average Bonchev–Trinajstić information content (AvgIpc) is 3.07. The fourth-order valence-electron chi connectivity index (χ4n) is 3.49. The SMILES string of the molecule is CC(NC(=O)[C@@H]1O[C@H]2CN(Cc3ccccc3)C(=O)[C@@H]1O2)c1ccccc1. The maximum absolute atomic E-state index is 12.8. The molecule has 140 valence electrons. The van der Waals surface area contributed by atoms with Crippen molar-refractivity contribution in [2.24, 2.45) is 0 Å². The van der Waals surface area contributed by atoms with Gasteiger partial charge in [-0.2, -0.15) is 0 Å². The second-order valence-corrected chi connectivity index (χ2v) is 6.89. The summed E-state index contributed by atoms with van der Waals surface area (Å²) in [7, 11) is 0. The molecule has 0 spiro atoms. The average molecular weight is 366 g/mol. The van der Waals surface area contributed by atoms with Crippen LogP contribution >= 0.6 is 0 Å². The van der Waals surface area contributed by atoms with E-state index in [0.717, 1.165) is 11.1 Å². The first-order chi connectivity index (χ1) is 13.1. The fraction of sp³-hybridized carbons (Fsp3) is 0.333. The van der Waals surface area contributed by atoms with Gasteiger partial charge in [0.15, 0.2) is 18.5 Å². The number of fused-ring (bicyclic) bond motifs is 2. The van der Waals surface area contributed by atoms with Crippen LogP contribution in [-0.2, 0) is 25.6 Å². The Kier molecular flexibility index (Phi) is 4.92. The number of amides is 2. The topological polar surface area (TPSA) is 67.9 Å². The molecule has 2 bridgehead atoms. The van der Waals surface area contributed by atoms with Gasteiger partial charge in [0.05, 0.1) is 12.6 Å². The highest BCUT2D eigenvalue weighted by Gasteiger charge is 2.51. The summed E-state index contributed by atoms with van der Waals surface area (Å²) in [5.74, 6) is -0.533. The van der Waals surface area contributed by atoms with E-state index in [0.29, 0.717) is 13.1 Å². The van der Waals surface area contributed by atoms with Crippen LogP contribution in [0.2, 0.25) is 0 Å². The molecule has 2 aliphatic rings. The molecule has 0 aromatic heterocycles. The van der Waals surface area contributed by atoms with E-state index in [2.05, 4.69) is 5.32 Å². The molecule has 4 atom stereocenters. The first kappa shape index (κ1) is 17.7. The Morgan fingerprint density at radius 1 is 1.11 bits per heavy atom. The zero-order valence-corrected chi connectivity index (χ0v) is 15.1. The van der Waals surface area contributed by atoms with Crippen LogP contribution in [0.15, 0.2) is 60.7 Å². The lowest BCUT2D eigenvalue weighted by atomic mass is 10.1. The molecule has 2 aromatic rings. The van der Waals surface area contributed by atoms with E-state index < -0.39 is 18.5 Å². The van der Waals surface area contributed by atoms with Crippen LogP contribution in [-0.4, -0.2) is 41.8 Å². The zero-order chi connectivity index (χ0) is 18.8. The van der Waals surface area contributed by atoms with Crippen molar-refractivity contribution in [2.45, 2.75) is 38.0 Å². The normalized spacial score (nSPS) is 25.3. The molecule has 6 heteroatoms. The number of nitrogens with zero attached hydrogens (tertiary/aromatic N) is 1. The molecule has 4 rings (SSSR count). The molecule has 0 saturated carbocycles. The van der Waals surface area contributed by atoms with E-state index >= 15 is 0 Å². The zero-order valence-electron chi connectivity index (χ0n) is 15.1. The highest BCUT2D eigenvalue weighted by Crippen LogP contribution is 2.28. The van der Waals surface area contributed by atoms with Gasteiger partial charge in [0.2, 0.25) is 0 Å². The third kappa shape index (κ3) is 3.72. The van der Waals surface area contributed by atoms with E-state index in [1.165, 1.54) is 0 Å². The third-order valence-corrected chi connectivity index (χ3v) is 4.93. The molecule has 1 unspecified atom stereocenters. The van der Waals surface area contributed by atoms with Gasteiger partial charge in [0.1, 0.15) is 0 Å². The highest BCUT2D eigenvalue weighted by atomic mass is 16.7. The maximum Gasteiger partial charge on any atom is 0.255 e. The van der Waals surface area contributed by atoms with Gasteiger partial charge >= 0.3 is 0 Å². The Morgan fingerprint density at radius 2 is 1.78 bits per heavy atom. The molecule has 0 aliphatic carbocycles. The molecule has 27 heavy (non-hydrogen) atoms. The number of rotatable bonds is 5. The largest absolute Gasteiger partial charge is 0.347 e. The molecule has 2 saturated heterocycles. The third-order valence-electron chi connectivity index (χ3n) is 4.93. The van der Waals surface area contributed by atoms with Gasteiger partial charge in [0.25, 0.3) is 11.8 Å².